The Morgan fingerprint density at radius 1 is 1.39 bits per heavy atom. The van der Waals surface area contributed by atoms with E-state index in [0.717, 1.165) is 37.7 Å². The van der Waals surface area contributed by atoms with Gasteiger partial charge in [-0.2, -0.15) is 0 Å². The van der Waals surface area contributed by atoms with Gasteiger partial charge in [0, 0.05) is 57.5 Å². The highest BCUT2D eigenvalue weighted by atomic mass is 127. The van der Waals surface area contributed by atoms with Gasteiger partial charge in [0.05, 0.1) is 6.61 Å². The van der Waals surface area contributed by atoms with E-state index in [1.807, 2.05) is 19.2 Å². The van der Waals surface area contributed by atoms with E-state index >= 15 is 0 Å². The molecule has 2 heterocycles. The highest BCUT2D eigenvalue weighted by Gasteiger charge is 2.19. The average molecular weight is 500 g/mol. The van der Waals surface area contributed by atoms with Gasteiger partial charge in [-0.15, -0.1) is 24.0 Å². The summed E-state index contributed by atoms with van der Waals surface area (Å²) >= 11 is 0. The summed E-state index contributed by atoms with van der Waals surface area (Å²) in [4.78, 5) is 10.7. The van der Waals surface area contributed by atoms with Crippen molar-refractivity contribution in [3.8, 4) is 11.6 Å². The zero-order valence-corrected chi connectivity index (χ0v) is 18.4. The molecular formula is C20H26FIN4O2. The lowest BCUT2D eigenvalue weighted by Crippen LogP contribution is -2.41. The molecule has 152 valence electrons. The number of halogens is 2. The average Bonchev–Trinajstić information content (AvgIpc) is 3.16. The van der Waals surface area contributed by atoms with Crippen molar-refractivity contribution >= 4 is 29.9 Å². The minimum Gasteiger partial charge on any atom is -0.439 e. The zero-order chi connectivity index (χ0) is 19.1. The van der Waals surface area contributed by atoms with Crippen molar-refractivity contribution in [2.45, 2.75) is 13.0 Å². The summed E-state index contributed by atoms with van der Waals surface area (Å²) in [5.74, 6) is 1.83. The number of guanidine groups is 1. The first-order valence-corrected chi connectivity index (χ1v) is 9.02. The van der Waals surface area contributed by atoms with Crippen molar-refractivity contribution in [2.24, 2.45) is 10.9 Å². The SMILES string of the molecule is CN=C(NCc1cccnc1Oc1cccc(F)c1)N(C)CC1CCOC1.I. The van der Waals surface area contributed by atoms with Gasteiger partial charge in [0.2, 0.25) is 5.88 Å². The van der Waals surface area contributed by atoms with Crippen LogP contribution in [0, 0.1) is 11.7 Å². The van der Waals surface area contributed by atoms with Crippen LogP contribution >= 0.6 is 24.0 Å². The third-order valence-electron chi connectivity index (χ3n) is 4.43. The van der Waals surface area contributed by atoms with E-state index < -0.39 is 0 Å². The molecule has 0 spiro atoms. The first-order valence-electron chi connectivity index (χ1n) is 9.02. The topological polar surface area (TPSA) is 59.0 Å². The molecule has 0 radical (unpaired) electrons. The summed E-state index contributed by atoms with van der Waals surface area (Å²) in [5.41, 5.74) is 0.862. The van der Waals surface area contributed by atoms with Crippen LogP contribution in [0.2, 0.25) is 0 Å². The molecule has 0 bridgehead atoms. The normalized spacial score (nSPS) is 16.4. The molecule has 2 aromatic rings. The molecule has 1 fully saturated rings. The standard InChI is InChI=1S/C20H25FN4O2.HI/c1-22-20(25(2)13-15-8-10-26-14-15)24-12-16-5-4-9-23-19(16)27-18-7-3-6-17(21)11-18;/h3-7,9,11,15H,8,10,12-14H2,1-2H3,(H,22,24);1H. The number of nitrogens with one attached hydrogen (secondary N) is 1. The third-order valence-corrected chi connectivity index (χ3v) is 4.43. The third kappa shape index (κ3) is 6.30. The number of aromatic nitrogens is 1. The van der Waals surface area contributed by atoms with E-state index in [1.165, 1.54) is 12.1 Å². The van der Waals surface area contributed by atoms with E-state index in [1.54, 1.807) is 25.4 Å². The Labute approximate surface area is 182 Å². The van der Waals surface area contributed by atoms with Crippen LogP contribution in [0.25, 0.3) is 0 Å². The smallest absolute Gasteiger partial charge is 0.224 e. The summed E-state index contributed by atoms with van der Waals surface area (Å²) < 4.78 is 24.6. The predicted octanol–water partition coefficient (Wildman–Crippen LogP) is 3.67. The molecule has 8 heteroatoms. The number of hydrogen-bond acceptors (Lipinski definition) is 4. The molecule has 1 aromatic carbocycles. The molecule has 1 aliphatic rings. The summed E-state index contributed by atoms with van der Waals surface area (Å²) in [5, 5.41) is 3.34. The molecule has 0 amide bonds. The van der Waals surface area contributed by atoms with Crippen molar-refractivity contribution in [3.63, 3.8) is 0 Å². The molecule has 0 saturated carbocycles. The maximum Gasteiger partial charge on any atom is 0.224 e. The fourth-order valence-electron chi connectivity index (χ4n) is 3.05. The maximum atomic E-state index is 13.4. The number of nitrogens with zero attached hydrogens (tertiary/aromatic N) is 3. The number of benzene rings is 1. The van der Waals surface area contributed by atoms with Crippen LogP contribution in [0.4, 0.5) is 4.39 Å². The fourth-order valence-corrected chi connectivity index (χ4v) is 3.05. The lowest BCUT2D eigenvalue weighted by atomic mass is 10.1. The van der Waals surface area contributed by atoms with E-state index in [-0.39, 0.29) is 29.8 Å². The minimum absolute atomic E-state index is 0. The highest BCUT2D eigenvalue weighted by molar-refractivity contribution is 14.0. The second kappa shape index (κ2) is 11.2. The molecule has 0 aliphatic carbocycles. The van der Waals surface area contributed by atoms with Gasteiger partial charge in [-0.25, -0.2) is 9.37 Å². The second-order valence-electron chi connectivity index (χ2n) is 6.54. The van der Waals surface area contributed by atoms with Crippen molar-refractivity contribution < 1.29 is 13.9 Å². The van der Waals surface area contributed by atoms with Gasteiger partial charge in [-0.1, -0.05) is 12.1 Å². The molecule has 1 aliphatic heterocycles. The lowest BCUT2D eigenvalue weighted by Gasteiger charge is -2.24. The number of rotatable bonds is 6. The largest absolute Gasteiger partial charge is 0.439 e. The second-order valence-corrected chi connectivity index (χ2v) is 6.54. The van der Waals surface area contributed by atoms with Crippen molar-refractivity contribution in [1.82, 2.24) is 15.2 Å². The molecule has 3 rings (SSSR count). The molecule has 1 aromatic heterocycles. The Balaban J connectivity index is 0.00000280. The summed E-state index contributed by atoms with van der Waals surface area (Å²) in [6.45, 7) is 3.02. The quantitative estimate of drug-likeness (QED) is 0.373. The van der Waals surface area contributed by atoms with Gasteiger partial charge in [-0.05, 0) is 24.6 Å². The monoisotopic (exact) mass is 500 g/mol. The Morgan fingerprint density at radius 2 is 2.25 bits per heavy atom. The van der Waals surface area contributed by atoms with Crippen LogP contribution in [-0.2, 0) is 11.3 Å². The number of ether oxygens (including phenoxy) is 2. The Kier molecular flexibility index (Phi) is 8.91. The van der Waals surface area contributed by atoms with Gasteiger partial charge in [-0.3, -0.25) is 4.99 Å². The highest BCUT2D eigenvalue weighted by Crippen LogP contribution is 2.23. The van der Waals surface area contributed by atoms with Crippen molar-refractivity contribution in [1.29, 1.82) is 0 Å². The van der Waals surface area contributed by atoms with Gasteiger partial charge in [0.25, 0.3) is 0 Å². The van der Waals surface area contributed by atoms with E-state index in [2.05, 4.69) is 20.2 Å². The van der Waals surface area contributed by atoms with E-state index in [0.29, 0.717) is 24.1 Å². The van der Waals surface area contributed by atoms with Crippen LogP contribution in [0.5, 0.6) is 11.6 Å². The predicted molar refractivity (Wildman–Crippen MR) is 118 cm³/mol. The van der Waals surface area contributed by atoms with Crippen LogP contribution in [0.3, 0.4) is 0 Å². The molecule has 1 unspecified atom stereocenters. The van der Waals surface area contributed by atoms with E-state index in [9.17, 15) is 4.39 Å². The molecule has 1 atom stereocenters. The summed E-state index contributed by atoms with van der Waals surface area (Å²) in [7, 11) is 3.78. The van der Waals surface area contributed by atoms with Crippen LogP contribution in [0.15, 0.2) is 47.6 Å². The molecule has 28 heavy (non-hydrogen) atoms. The van der Waals surface area contributed by atoms with Gasteiger partial charge < -0.3 is 19.7 Å². The lowest BCUT2D eigenvalue weighted by molar-refractivity contribution is 0.181. The number of hydrogen-bond donors (Lipinski definition) is 1. The first kappa shape index (κ1) is 22.4. The van der Waals surface area contributed by atoms with Crippen LogP contribution < -0.4 is 10.1 Å². The van der Waals surface area contributed by atoms with Gasteiger partial charge >= 0.3 is 0 Å². The molecule has 1 N–H and O–H groups in total. The summed E-state index contributed by atoms with van der Waals surface area (Å²) in [6.07, 6.45) is 2.73. The van der Waals surface area contributed by atoms with Crippen molar-refractivity contribution in [3.05, 3.63) is 54.0 Å². The molecule has 6 nitrogen and oxygen atoms in total. The van der Waals surface area contributed by atoms with E-state index in [4.69, 9.17) is 9.47 Å². The molecule has 1 saturated heterocycles. The first-order chi connectivity index (χ1) is 13.2. The van der Waals surface area contributed by atoms with Gasteiger partial charge in [0.15, 0.2) is 5.96 Å². The van der Waals surface area contributed by atoms with Crippen molar-refractivity contribution in [2.75, 3.05) is 33.9 Å². The Hall–Kier alpha value is -1.94. The minimum atomic E-state index is -0.346. The maximum absolute atomic E-state index is 13.4. The fraction of sp³-hybridized carbons (Fsp3) is 0.400. The Morgan fingerprint density at radius 3 is 2.96 bits per heavy atom. The number of aliphatic imine (C=N–C) groups is 1. The molecular weight excluding hydrogens is 474 g/mol. The van der Waals surface area contributed by atoms with Gasteiger partial charge in [0.1, 0.15) is 11.6 Å². The zero-order valence-electron chi connectivity index (χ0n) is 16.1. The summed E-state index contributed by atoms with van der Waals surface area (Å²) in [6, 6.07) is 9.79. The number of pyridine rings is 1. The van der Waals surface area contributed by atoms with Crippen LogP contribution in [-0.4, -0.2) is 49.7 Å². The Bertz CT molecular complexity index is 784. The van der Waals surface area contributed by atoms with Crippen LogP contribution in [0.1, 0.15) is 12.0 Å².